The minimum atomic E-state index is -6.01. The first kappa shape index (κ1) is 19.2. The number of alkyl halides is 5. The number of rotatable bonds is 3. The monoisotopic (exact) mass is 318 g/mol. The molecule has 0 N–H and O–H groups in total. The maximum Gasteiger partial charge on any atom is 1.00 e. The van der Waals surface area contributed by atoms with Gasteiger partial charge in [0.25, 0.3) is 0 Å². The zero-order valence-corrected chi connectivity index (χ0v) is 12.4. The molecule has 19 heavy (non-hydrogen) atoms. The van der Waals surface area contributed by atoms with Gasteiger partial charge in [0, 0.05) is 0 Å². The predicted molar refractivity (Wildman–Crippen MR) is 46.8 cm³/mol. The number of hydrogen-bond donors (Lipinski definition) is 0. The summed E-state index contributed by atoms with van der Waals surface area (Å²) < 4.78 is 100. The summed E-state index contributed by atoms with van der Waals surface area (Å²) in [4.78, 5) is 0. The third kappa shape index (κ3) is 5.21. The molecule has 0 aliphatic heterocycles. The molecule has 0 amide bonds. The van der Waals surface area contributed by atoms with E-state index in [1.165, 1.54) is 0 Å². The average Bonchev–Trinajstić information content (AvgIpc) is 2.14. The van der Waals surface area contributed by atoms with Gasteiger partial charge in [-0.2, -0.15) is 22.0 Å². The van der Waals surface area contributed by atoms with Gasteiger partial charge in [0.1, 0.15) is 5.75 Å². The molecule has 0 bridgehead atoms. The zero-order valence-electron chi connectivity index (χ0n) is 9.32. The quantitative estimate of drug-likeness (QED) is 0.575. The Bertz CT molecular complexity index is 429. The topological polar surface area (TPSA) is 9.23 Å². The fraction of sp³-hybridized carbons (Fsp3) is 0.250. The van der Waals surface area contributed by atoms with Crippen LogP contribution in [0.1, 0.15) is 0 Å². The van der Waals surface area contributed by atoms with Gasteiger partial charge in [-0.25, -0.2) is 0 Å². The van der Waals surface area contributed by atoms with Crippen molar-refractivity contribution in [2.45, 2.75) is 12.3 Å². The molecule has 1 aromatic carbocycles. The van der Waals surface area contributed by atoms with E-state index >= 15 is 0 Å². The summed E-state index contributed by atoms with van der Waals surface area (Å²) in [6.07, 6.45) is -11.6. The van der Waals surface area contributed by atoms with Crippen molar-refractivity contribution < 1.29 is 91.0 Å². The van der Waals surface area contributed by atoms with Crippen LogP contribution in [0, 0.1) is 0 Å². The van der Waals surface area contributed by atoms with Crippen molar-refractivity contribution in [3.8, 4) is 5.75 Å². The van der Waals surface area contributed by atoms with E-state index in [1.54, 1.807) is 0 Å². The van der Waals surface area contributed by atoms with Gasteiger partial charge in [-0.3, -0.25) is 0 Å². The Morgan fingerprint density at radius 1 is 0.947 bits per heavy atom. The third-order valence-electron chi connectivity index (χ3n) is 1.81. The van der Waals surface area contributed by atoms with Crippen LogP contribution >= 0.6 is 0 Å². The number of benzene rings is 1. The summed E-state index contributed by atoms with van der Waals surface area (Å²) in [7, 11) is 0. The molecule has 0 saturated carbocycles. The Labute approximate surface area is 144 Å². The summed E-state index contributed by atoms with van der Waals surface area (Å²) in [5, 5.41) is 0. The Morgan fingerprint density at radius 2 is 1.47 bits per heavy atom. The first-order chi connectivity index (χ1) is 7.93. The van der Waals surface area contributed by atoms with E-state index in [-0.39, 0.29) is 57.5 Å². The Hall–Kier alpha value is 0.161. The molecule has 0 radical (unpaired) electrons. The molecule has 0 unspecified atom stereocenters. The SMILES string of the molecule is F[B-](F)(F)c1cccc(OC(F)(F)C(F)(F)F)c1.[K+]. The fourth-order valence-corrected chi connectivity index (χ4v) is 0.988. The molecule has 0 aliphatic rings. The molecular weight excluding hydrogens is 314 g/mol. The second-order valence-electron chi connectivity index (χ2n) is 3.26. The second kappa shape index (κ2) is 6.29. The van der Waals surface area contributed by atoms with Crippen LogP contribution < -0.4 is 61.6 Å². The van der Waals surface area contributed by atoms with E-state index in [4.69, 9.17) is 0 Å². The summed E-state index contributed by atoms with van der Waals surface area (Å²) in [6, 6.07) is 1.87. The van der Waals surface area contributed by atoms with Crippen molar-refractivity contribution in [1.29, 1.82) is 0 Å². The molecule has 102 valence electrons. The Balaban J connectivity index is 0.00000324. The first-order valence-electron chi connectivity index (χ1n) is 4.37. The number of ether oxygens (including phenoxy) is 1. The molecular formula is C8H4BF8KO. The van der Waals surface area contributed by atoms with Crippen molar-refractivity contribution >= 4 is 12.4 Å². The van der Waals surface area contributed by atoms with Gasteiger partial charge >= 0.3 is 70.6 Å². The van der Waals surface area contributed by atoms with E-state index in [2.05, 4.69) is 4.74 Å². The summed E-state index contributed by atoms with van der Waals surface area (Å²) in [5.41, 5.74) is -1.33. The molecule has 0 atom stereocenters. The molecule has 0 saturated heterocycles. The normalized spacial score (nSPS) is 12.8. The van der Waals surface area contributed by atoms with Crippen molar-refractivity contribution in [2.24, 2.45) is 0 Å². The molecule has 1 nitrogen and oxygen atoms in total. The van der Waals surface area contributed by atoms with E-state index in [0.717, 1.165) is 0 Å². The van der Waals surface area contributed by atoms with Crippen LogP contribution in [0.5, 0.6) is 5.75 Å². The van der Waals surface area contributed by atoms with Crippen LogP contribution in [-0.4, -0.2) is 19.3 Å². The van der Waals surface area contributed by atoms with Crippen molar-refractivity contribution in [3.63, 3.8) is 0 Å². The Kier molecular flexibility index (Phi) is 6.34. The Morgan fingerprint density at radius 3 is 1.89 bits per heavy atom. The van der Waals surface area contributed by atoms with E-state index in [0.29, 0.717) is 18.2 Å². The van der Waals surface area contributed by atoms with Crippen LogP contribution in [-0.2, 0) is 0 Å². The van der Waals surface area contributed by atoms with Crippen LogP contribution in [0.3, 0.4) is 0 Å². The predicted octanol–water partition coefficient (Wildman–Crippen LogP) is 0.279. The molecule has 1 rings (SSSR count). The standard InChI is InChI=1S/C8H4BF8O.K/c10-7(11,12)8(13,14)18-6-3-1-2-5(4-6)9(15,16)17;/h1-4H;/q-1;+1. The third-order valence-corrected chi connectivity index (χ3v) is 1.81. The molecule has 1 aromatic rings. The molecule has 0 aromatic heterocycles. The van der Waals surface area contributed by atoms with Crippen molar-refractivity contribution in [2.75, 3.05) is 0 Å². The number of halogens is 8. The van der Waals surface area contributed by atoms with Crippen molar-refractivity contribution in [1.82, 2.24) is 0 Å². The minimum absolute atomic E-state index is 0. The largest absolute Gasteiger partial charge is 1.00 e. The summed E-state index contributed by atoms with van der Waals surface area (Å²) in [6.45, 7) is -5.51. The van der Waals surface area contributed by atoms with Crippen LogP contribution in [0.4, 0.5) is 34.9 Å². The summed E-state index contributed by atoms with van der Waals surface area (Å²) >= 11 is 0. The molecule has 0 spiro atoms. The minimum Gasteiger partial charge on any atom is -0.445 e. The van der Waals surface area contributed by atoms with Crippen LogP contribution in [0.15, 0.2) is 24.3 Å². The van der Waals surface area contributed by atoms with Crippen LogP contribution in [0.2, 0.25) is 0 Å². The maximum absolute atomic E-state index is 12.4. The number of hydrogen-bond acceptors (Lipinski definition) is 1. The van der Waals surface area contributed by atoms with Crippen LogP contribution in [0.25, 0.3) is 0 Å². The molecule has 0 fully saturated rings. The van der Waals surface area contributed by atoms with Gasteiger partial charge in [-0.05, 0) is 12.1 Å². The van der Waals surface area contributed by atoms with Crippen molar-refractivity contribution in [3.05, 3.63) is 24.3 Å². The average molecular weight is 318 g/mol. The second-order valence-corrected chi connectivity index (χ2v) is 3.26. The van der Waals surface area contributed by atoms with E-state index in [9.17, 15) is 34.9 Å². The zero-order chi connectivity index (χ0) is 14.2. The smallest absolute Gasteiger partial charge is 0.445 e. The molecule has 0 aliphatic carbocycles. The molecule has 11 heteroatoms. The van der Waals surface area contributed by atoms with Gasteiger partial charge in [0.15, 0.2) is 0 Å². The summed E-state index contributed by atoms with van der Waals surface area (Å²) in [5.74, 6) is -1.21. The van der Waals surface area contributed by atoms with E-state index < -0.39 is 30.5 Å². The van der Waals surface area contributed by atoms with Gasteiger partial charge < -0.3 is 17.7 Å². The van der Waals surface area contributed by atoms with E-state index in [1.807, 2.05) is 0 Å². The van der Waals surface area contributed by atoms with Gasteiger partial charge in [0.05, 0.1) is 0 Å². The first-order valence-corrected chi connectivity index (χ1v) is 4.37. The molecule has 0 heterocycles. The fourth-order valence-electron chi connectivity index (χ4n) is 0.988. The maximum atomic E-state index is 12.4. The van der Waals surface area contributed by atoms with Gasteiger partial charge in [-0.1, -0.05) is 12.1 Å². The van der Waals surface area contributed by atoms with Gasteiger partial charge in [0.2, 0.25) is 0 Å². The van der Waals surface area contributed by atoms with Gasteiger partial charge in [-0.15, -0.1) is 5.46 Å².